The van der Waals surface area contributed by atoms with Gasteiger partial charge in [-0.05, 0) is 19.8 Å². The average molecular weight is 267 g/mol. The third-order valence-electron chi connectivity index (χ3n) is 3.66. The normalized spacial score (nSPS) is 23.5. The van der Waals surface area contributed by atoms with Crippen LogP contribution < -0.4 is 16.6 Å². The molecule has 0 bridgehead atoms. The smallest absolute Gasteiger partial charge is 0.330 e. The fraction of sp³-hybridized carbons (Fsp3) is 0.692. The van der Waals surface area contributed by atoms with Crippen molar-refractivity contribution in [2.24, 2.45) is 14.1 Å². The molecule has 1 aromatic rings. The molecule has 2 heterocycles. The van der Waals surface area contributed by atoms with Crippen molar-refractivity contribution in [3.63, 3.8) is 0 Å². The number of rotatable bonds is 3. The van der Waals surface area contributed by atoms with E-state index in [-0.39, 0.29) is 16.8 Å². The Bertz CT molecular complexity index is 567. The fourth-order valence-electron chi connectivity index (χ4n) is 2.39. The zero-order valence-corrected chi connectivity index (χ0v) is 11.7. The van der Waals surface area contributed by atoms with E-state index in [1.807, 2.05) is 0 Å². The van der Waals surface area contributed by atoms with E-state index in [0.717, 1.165) is 24.0 Å². The van der Waals surface area contributed by atoms with Gasteiger partial charge in [-0.1, -0.05) is 0 Å². The molecule has 1 atom stereocenters. The second-order valence-electron chi connectivity index (χ2n) is 5.48. The molecule has 1 aliphatic rings. The second-order valence-corrected chi connectivity index (χ2v) is 5.48. The van der Waals surface area contributed by atoms with Gasteiger partial charge in [-0.3, -0.25) is 9.36 Å². The minimum Gasteiger partial charge on any atom is -0.380 e. The first-order valence-electron chi connectivity index (χ1n) is 6.51. The Kier molecular flexibility index (Phi) is 3.91. The van der Waals surface area contributed by atoms with E-state index in [1.165, 1.54) is 11.6 Å². The van der Waals surface area contributed by atoms with Crippen LogP contribution in [-0.2, 0) is 25.4 Å². The highest BCUT2D eigenvalue weighted by molar-refractivity contribution is 5.06. The zero-order chi connectivity index (χ0) is 14.0. The molecule has 1 saturated heterocycles. The van der Waals surface area contributed by atoms with E-state index < -0.39 is 0 Å². The van der Waals surface area contributed by atoms with Crippen molar-refractivity contribution in [2.45, 2.75) is 31.8 Å². The molecule has 1 aliphatic heterocycles. The van der Waals surface area contributed by atoms with Crippen LogP contribution in [0.5, 0.6) is 0 Å². The second kappa shape index (κ2) is 5.30. The van der Waals surface area contributed by atoms with Gasteiger partial charge in [-0.2, -0.15) is 0 Å². The van der Waals surface area contributed by atoms with Gasteiger partial charge >= 0.3 is 5.69 Å². The van der Waals surface area contributed by atoms with Gasteiger partial charge in [0, 0.05) is 44.5 Å². The molecule has 0 amide bonds. The Balaban J connectivity index is 2.16. The summed E-state index contributed by atoms with van der Waals surface area (Å²) < 4.78 is 8.03. The van der Waals surface area contributed by atoms with Crippen LogP contribution in [-0.4, -0.2) is 27.9 Å². The van der Waals surface area contributed by atoms with Gasteiger partial charge in [-0.25, -0.2) is 4.79 Å². The van der Waals surface area contributed by atoms with Crippen LogP contribution in [0.25, 0.3) is 0 Å². The summed E-state index contributed by atoms with van der Waals surface area (Å²) in [6.07, 6.45) is 3.65. The Morgan fingerprint density at radius 1 is 1.42 bits per heavy atom. The third-order valence-corrected chi connectivity index (χ3v) is 3.66. The molecule has 0 spiro atoms. The van der Waals surface area contributed by atoms with Crippen LogP contribution in [0.3, 0.4) is 0 Å². The van der Waals surface area contributed by atoms with E-state index in [4.69, 9.17) is 4.74 Å². The molecule has 0 radical (unpaired) electrons. The number of hydrogen-bond donors (Lipinski definition) is 1. The standard InChI is InChI=1S/C13H21N3O3/c1-13(5-4-6-19-9-13)14-7-10-8-15(2)12(18)16(3)11(10)17/h8,14H,4-7,9H2,1-3H3. The van der Waals surface area contributed by atoms with Crippen molar-refractivity contribution < 1.29 is 4.74 Å². The quantitative estimate of drug-likeness (QED) is 0.819. The lowest BCUT2D eigenvalue weighted by Crippen LogP contribution is -2.49. The number of nitrogens with zero attached hydrogens (tertiary/aromatic N) is 2. The number of hydrogen-bond acceptors (Lipinski definition) is 4. The van der Waals surface area contributed by atoms with E-state index in [9.17, 15) is 9.59 Å². The minimum absolute atomic E-state index is 0.0992. The molecule has 1 aromatic heterocycles. The van der Waals surface area contributed by atoms with Crippen LogP contribution in [0.1, 0.15) is 25.3 Å². The van der Waals surface area contributed by atoms with E-state index in [0.29, 0.717) is 18.7 Å². The van der Waals surface area contributed by atoms with Crippen molar-refractivity contribution in [1.82, 2.24) is 14.5 Å². The van der Waals surface area contributed by atoms with Crippen LogP contribution in [0, 0.1) is 0 Å². The predicted octanol–water partition coefficient (Wildman–Crippen LogP) is -0.257. The van der Waals surface area contributed by atoms with Gasteiger partial charge in [0.2, 0.25) is 0 Å². The molecule has 0 aliphatic carbocycles. The average Bonchev–Trinajstić information content (AvgIpc) is 2.40. The Morgan fingerprint density at radius 2 is 2.16 bits per heavy atom. The maximum atomic E-state index is 12.0. The summed E-state index contributed by atoms with van der Waals surface area (Å²) >= 11 is 0. The van der Waals surface area contributed by atoms with Crippen LogP contribution in [0.15, 0.2) is 15.8 Å². The molecule has 0 saturated carbocycles. The molecule has 6 heteroatoms. The first-order valence-corrected chi connectivity index (χ1v) is 6.51. The van der Waals surface area contributed by atoms with Crippen molar-refractivity contribution >= 4 is 0 Å². The minimum atomic E-state index is -0.305. The molecule has 1 fully saturated rings. The molecular weight excluding hydrogens is 246 g/mol. The predicted molar refractivity (Wildman–Crippen MR) is 72.2 cm³/mol. The van der Waals surface area contributed by atoms with Crippen LogP contribution >= 0.6 is 0 Å². The molecule has 0 aromatic carbocycles. The summed E-state index contributed by atoms with van der Waals surface area (Å²) in [5.74, 6) is 0. The van der Waals surface area contributed by atoms with E-state index in [1.54, 1.807) is 13.2 Å². The molecule has 19 heavy (non-hydrogen) atoms. The first-order chi connectivity index (χ1) is 8.93. The molecule has 2 rings (SSSR count). The lowest BCUT2D eigenvalue weighted by Gasteiger charge is -2.34. The third kappa shape index (κ3) is 2.96. The molecule has 1 N–H and O–H groups in total. The van der Waals surface area contributed by atoms with Crippen molar-refractivity contribution in [3.8, 4) is 0 Å². The van der Waals surface area contributed by atoms with Gasteiger partial charge in [0.1, 0.15) is 0 Å². The maximum absolute atomic E-state index is 12.0. The van der Waals surface area contributed by atoms with E-state index in [2.05, 4.69) is 12.2 Å². The fourth-order valence-corrected chi connectivity index (χ4v) is 2.39. The Morgan fingerprint density at radius 3 is 2.79 bits per heavy atom. The number of ether oxygens (including phenoxy) is 1. The summed E-state index contributed by atoms with van der Waals surface area (Å²) in [5.41, 5.74) is -0.0499. The van der Waals surface area contributed by atoms with Gasteiger partial charge in [0.15, 0.2) is 0 Å². The summed E-state index contributed by atoms with van der Waals surface area (Å²) in [5, 5.41) is 3.38. The summed E-state index contributed by atoms with van der Waals surface area (Å²) in [6.45, 7) is 4.00. The highest BCUT2D eigenvalue weighted by atomic mass is 16.5. The highest BCUT2D eigenvalue weighted by Gasteiger charge is 2.27. The van der Waals surface area contributed by atoms with Crippen LogP contribution in [0.4, 0.5) is 0 Å². The topological polar surface area (TPSA) is 65.3 Å². The van der Waals surface area contributed by atoms with Gasteiger partial charge < -0.3 is 14.6 Å². The van der Waals surface area contributed by atoms with Crippen LogP contribution in [0.2, 0.25) is 0 Å². The number of aromatic nitrogens is 2. The molecular formula is C13H21N3O3. The lowest BCUT2D eigenvalue weighted by atomic mass is 9.95. The first kappa shape index (κ1) is 14.0. The summed E-state index contributed by atoms with van der Waals surface area (Å²) in [7, 11) is 3.15. The largest absolute Gasteiger partial charge is 0.380 e. The SMILES string of the molecule is Cn1cc(CNC2(C)CCCOC2)c(=O)n(C)c1=O. The molecule has 6 nitrogen and oxygen atoms in total. The number of nitrogens with one attached hydrogen (secondary N) is 1. The van der Waals surface area contributed by atoms with Crippen molar-refractivity contribution in [3.05, 3.63) is 32.6 Å². The van der Waals surface area contributed by atoms with Gasteiger partial charge in [0.05, 0.1) is 6.61 Å². The van der Waals surface area contributed by atoms with Gasteiger partial charge in [-0.15, -0.1) is 0 Å². The summed E-state index contributed by atoms with van der Waals surface area (Å²) in [6, 6.07) is 0. The Hall–Kier alpha value is -1.40. The summed E-state index contributed by atoms with van der Waals surface area (Å²) in [4.78, 5) is 23.6. The number of aryl methyl sites for hydroxylation is 1. The Labute approximate surface area is 112 Å². The maximum Gasteiger partial charge on any atom is 0.330 e. The van der Waals surface area contributed by atoms with Gasteiger partial charge in [0.25, 0.3) is 5.56 Å². The van der Waals surface area contributed by atoms with Crippen molar-refractivity contribution in [2.75, 3.05) is 13.2 Å². The molecule has 1 unspecified atom stereocenters. The van der Waals surface area contributed by atoms with E-state index >= 15 is 0 Å². The monoisotopic (exact) mass is 267 g/mol. The molecule has 106 valence electrons. The van der Waals surface area contributed by atoms with Crippen molar-refractivity contribution in [1.29, 1.82) is 0 Å². The highest BCUT2D eigenvalue weighted by Crippen LogP contribution is 2.18. The lowest BCUT2D eigenvalue weighted by molar-refractivity contribution is 0.0277. The zero-order valence-electron chi connectivity index (χ0n) is 11.7.